The lowest BCUT2D eigenvalue weighted by Gasteiger charge is -2.07. The fourth-order valence-corrected chi connectivity index (χ4v) is 5.45. The summed E-state index contributed by atoms with van der Waals surface area (Å²) in [4.78, 5) is 28.0. The number of ketones is 1. The van der Waals surface area contributed by atoms with E-state index in [4.69, 9.17) is 0 Å². The topological polar surface area (TPSA) is 79.5 Å². The number of nitrogens with zero attached hydrogens (tertiary/aromatic N) is 4. The summed E-state index contributed by atoms with van der Waals surface area (Å²) in [5.74, 6) is -0.0709. The van der Waals surface area contributed by atoms with Gasteiger partial charge in [-0.05, 0) is 33.3 Å². The third kappa shape index (κ3) is 3.59. The Balaban J connectivity index is 1.85. The van der Waals surface area contributed by atoms with E-state index in [2.05, 4.69) is 34.9 Å². The molecule has 3 rings (SSSR count). The highest BCUT2D eigenvalue weighted by Crippen LogP contribution is 2.35. The molecule has 8 heteroatoms. The fraction of sp³-hybridized carbons (Fsp3) is 0.353. The van der Waals surface area contributed by atoms with Gasteiger partial charge < -0.3 is 0 Å². The molecule has 128 valence electrons. The summed E-state index contributed by atoms with van der Waals surface area (Å²) in [7, 11) is 0. The van der Waals surface area contributed by atoms with Gasteiger partial charge in [0.2, 0.25) is 0 Å². The quantitative estimate of drug-likeness (QED) is 0.477. The number of Topliss-reactive ketones (excluding diaryl/α,β-unsaturated/α-hetero) is 1. The largest absolute Gasteiger partial charge is 0.297 e. The van der Waals surface area contributed by atoms with E-state index in [9.17, 15) is 10.1 Å². The second-order valence-electron chi connectivity index (χ2n) is 5.68. The van der Waals surface area contributed by atoms with Crippen LogP contribution in [0.5, 0.6) is 0 Å². The maximum Gasteiger partial charge on any atom is 0.167 e. The van der Waals surface area contributed by atoms with Gasteiger partial charge in [-0.1, -0.05) is 11.8 Å². The Morgan fingerprint density at radius 1 is 1.28 bits per heavy atom. The van der Waals surface area contributed by atoms with E-state index >= 15 is 0 Å². The van der Waals surface area contributed by atoms with Crippen LogP contribution in [0.15, 0.2) is 10.4 Å². The van der Waals surface area contributed by atoms with Crippen molar-refractivity contribution in [1.29, 1.82) is 5.26 Å². The Kier molecular flexibility index (Phi) is 5.18. The number of hydrogen-bond donors (Lipinski definition) is 0. The highest BCUT2D eigenvalue weighted by Gasteiger charge is 2.24. The third-order valence-corrected chi connectivity index (χ3v) is 6.92. The molecule has 0 aliphatic rings. The van der Waals surface area contributed by atoms with Crippen LogP contribution in [-0.4, -0.2) is 26.5 Å². The number of nitriles is 1. The van der Waals surface area contributed by atoms with Crippen LogP contribution in [-0.2, 0) is 4.79 Å². The maximum atomic E-state index is 12.6. The van der Waals surface area contributed by atoms with Crippen molar-refractivity contribution < 1.29 is 4.79 Å². The van der Waals surface area contributed by atoms with Gasteiger partial charge in [0.15, 0.2) is 11.7 Å². The van der Waals surface area contributed by atoms with Gasteiger partial charge in [-0.3, -0.25) is 4.79 Å². The van der Waals surface area contributed by atoms with Crippen molar-refractivity contribution in [2.45, 2.75) is 38.6 Å². The van der Waals surface area contributed by atoms with Crippen molar-refractivity contribution in [3.63, 3.8) is 0 Å². The van der Waals surface area contributed by atoms with E-state index < -0.39 is 5.92 Å². The van der Waals surface area contributed by atoms with Crippen LogP contribution in [0.1, 0.15) is 32.9 Å². The molecule has 0 aliphatic carbocycles. The standard InChI is InChI=1S/C17H16N4OS3/c1-8-6-23-15(19-8)12(5-18)13(22)7-24-16-14-9(2)10(3)25-17(14)21-11(4)20-16/h6,12H,7H2,1-4H3/t12-/m1/s1. The van der Waals surface area contributed by atoms with E-state index in [1.54, 1.807) is 11.3 Å². The minimum absolute atomic E-state index is 0.143. The first-order valence-electron chi connectivity index (χ1n) is 7.62. The van der Waals surface area contributed by atoms with Crippen LogP contribution in [0.25, 0.3) is 10.2 Å². The normalized spacial score (nSPS) is 12.3. The molecule has 0 N–H and O–H groups in total. The molecule has 3 aromatic rings. The summed E-state index contributed by atoms with van der Waals surface area (Å²) in [6.07, 6.45) is 0. The second-order valence-corrected chi connectivity index (χ2v) is 8.74. The van der Waals surface area contributed by atoms with Crippen LogP contribution in [0.3, 0.4) is 0 Å². The molecule has 0 fully saturated rings. The number of thiophene rings is 1. The summed E-state index contributed by atoms with van der Waals surface area (Å²) >= 11 is 4.37. The zero-order chi connectivity index (χ0) is 18.1. The minimum Gasteiger partial charge on any atom is -0.297 e. The first-order chi connectivity index (χ1) is 11.9. The van der Waals surface area contributed by atoms with Crippen molar-refractivity contribution >= 4 is 50.4 Å². The zero-order valence-electron chi connectivity index (χ0n) is 14.3. The highest BCUT2D eigenvalue weighted by molar-refractivity contribution is 8.00. The first kappa shape index (κ1) is 18.0. The van der Waals surface area contributed by atoms with E-state index in [-0.39, 0.29) is 11.5 Å². The maximum absolute atomic E-state index is 12.6. The number of aromatic nitrogens is 3. The van der Waals surface area contributed by atoms with Gasteiger partial charge in [-0.2, -0.15) is 5.26 Å². The molecule has 0 spiro atoms. The van der Waals surface area contributed by atoms with Crippen LogP contribution in [0.4, 0.5) is 0 Å². The Morgan fingerprint density at radius 3 is 2.68 bits per heavy atom. The predicted octanol–water partition coefficient (Wildman–Crippen LogP) is 4.35. The predicted molar refractivity (Wildman–Crippen MR) is 103 cm³/mol. The molecule has 0 saturated heterocycles. The van der Waals surface area contributed by atoms with E-state index in [1.165, 1.54) is 28.0 Å². The number of carbonyl (C=O) groups is 1. The molecule has 3 aromatic heterocycles. The highest BCUT2D eigenvalue weighted by atomic mass is 32.2. The van der Waals surface area contributed by atoms with Gasteiger partial charge in [-0.25, -0.2) is 15.0 Å². The van der Waals surface area contributed by atoms with Gasteiger partial charge in [0.1, 0.15) is 20.7 Å². The molecule has 1 atom stereocenters. The Bertz CT molecular complexity index is 999. The van der Waals surface area contributed by atoms with E-state index in [0.717, 1.165) is 26.5 Å². The summed E-state index contributed by atoms with van der Waals surface area (Å²) in [6, 6.07) is 2.09. The molecule has 5 nitrogen and oxygen atoms in total. The lowest BCUT2D eigenvalue weighted by Crippen LogP contribution is -2.13. The summed E-state index contributed by atoms with van der Waals surface area (Å²) in [5.41, 5.74) is 1.99. The van der Waals surface area contributed by atoms with Gasteiger partial charge in [0.25, 0.3) is 0 Å². The molecule has 3 heterocycles. The molecule has 0 aromatic carbocycles. The number of rotatable bonds is 5. The van der Waals surface area contributed by atoms with Gasteiger partial charge in [-0.15, -0.1) is 22.7 Å². The Morgan fingerprint density at radius 2 is 2.04 bits per heavy atom. The summed E-state index contributed by atoms with van der Waals surface area (Å²) in [5, 5.41) is 13.6. The van der Waals surface area contributed by atoms with Gasteiger partial charge in [0.05, 0.1) is 11.8 Å². The minimum atomic E-state index is -0.810. The molecule has 0 saturated carbocycles. The van der Waals surface area contributed by atoms with E-state index in [1.807, 2.05) is 19.2 Å². The average molecular weight is 389 g/mol. The molecule has 0 radical (unpaired) electrons. The zero-order valence-corrected chi connectivity index (χ0v) is 16.7. The molecular formula is C17H16N4OS3. The fourth-order valence-electron chi connectivity index (χ4n) is 2.41. The lowest BCUT2D eigenvalue weighted by molar-refractivity contribution is -0.116. The number of thiazole rings is 1. The molecule has 0 aliphatic heterocycles. The average Bonchev–Trinajstić information content (AvgIpc) is 3.10. The number of hydrogen-bond acceptors (Lipinski definition) is 8. The molecular weight excluding hydrogens is 372 g/mol. The molecule has 0 amide bonds. The lowest BCUT2D eigenvalue weighted by atomic mass is 10.1. The smallest absolute Gasteiger partial charge is 0.167 e. The van der Waals surface area contributed by atoms with Crippen LogP contribution >= 0.6 is 34.4 Å². The van der Waals surface area contributed by atoms with Gasteiger partial charge in [0, 0.05) is 21.3 Å². The molecule has 0 bridgehead atoms. The third-order valence-electron chi connectivity index (χ3n) is 3.79. The van der Waals surface area contributed by atoms with Crippen molar-refractivity contribution in [3.8, 4) is 6.07 Å². The van der Waals surface area contributed by atoms with Crippen molar-refractivity contribution in [2.24, 2.45) is 0 Å². The van der Waals surface area contributed by atoms with Crippen LogP contribution in [0, 0.1) is 39.0 Å². The van der Waals surface area contributed by atoms with Crippen LogP contribution < -0.4 is 0 Å². The number of carbonyl (C=O) groups excluding carboxylic acids is 1. The van der Waals surface area contributed by atoms with Gasteiger partial charge >= 0.3 is 0 Å². The Labute approximate surface area is 158 Å². The monoisotopic (exact) mass is 388 g/mol. The van der Waals surface area contributed by atoms with Crippen LogP contribution in [0.2, 0.25) is 0 Å². The summed E-state index contributed by atoms with van der Waals surface area (Å²) in [6.45, 7) is 7.82. The van der Waals surface area contributed by atoms with Crippen molar-refractivity contribution in [3.05, 3.63) is 32.3 Å². The molecule has 25 heavy (non-hydrogen) atoms. The van der Waals surface area contributed by atoms with Crippen molar-refractivity contribution in [2.75, 3.05) is 5.75 Å². The Hall–Kier alpha value is -1.82. The number of aryl methyl sites for hydroxylation is 4. The van der Waals surface area contributed by atoms with Crippen molar-refractivity contribution in [1.82, 2.24) is 15.0 Å². The number of fused-ring (bicyclic) bond motifs is 1. The second kappa shape index (κ2) is 7.20. The number of thioether (sulfide) groups is 1. The first-order valence-corrected chi connectivity index (χ1v) is 10.3. The SMILES string of the molecule is Cc1csc([C@H](C#N)C(=O)CSc2nc(C)nc3sc(C)c(C)c23)n1. The van der Waals surface area contributed by atoms with E-state index in [0.29, 0.717) is 10.8 Å². The molecule has 0 unspecified atom stereocenters. The summed E-state index contributed by atoms with van der Waals surface area (Å²) < 4.78 is 0.